The van der Waals surface area contributed by atoms with Gasteiger partial charge in [-0.25, -0.2) is 22.8 Å². The standard InChI is InChI=1S/C19H21F2N9/c1-22-17-16-12(13-5-10-29-15(24-13)3-7-23-29)4-9-30(16)27-18(26-17)25-14-6-8-28(2)11-19(14,20)21/h3-5,7,9-10,14H,6,8,11H2,1-2H3,(H2,22,25,26,27)/t14-/m1/s1. The first kappa shape index (κ1) is 18.7. The molecule has 5 heterocycles. The van der Waals surface area contributed by atoms with Gasteiger partial charge in [0, 0.05) is 37.6 Å². The van der Waals surface area contributed by atoms with Gasteiger partial charge < -0.3 is 15.5 Å². The SMILES string of the molecule is CNc1nc(N[C@@H]2CCN(C)CC2(F)F)nn2ccc(-c3ccn4nccc4n3)c12. The van der Waals surface area contributed by atoms with Crippen molar-refractivity contribution < 1.29 is 8.78 Å². The predicted octanol–water partition coefficient (Wildman–Crippen LogP) is 2.23. The third-order valence-corrected chi connectivity index (χ3v) is 5.38. The van der Waals surface area contributed by atoms with Gasteiger partial charge in [-0.15, -0.1) is 5.10 Å². The molecular formula is C19H21F2N9. The van der Waals surface area contributed by atoms with Crippen molar-refractivity contribution in [3.8, 4) is 11.3 Å². The molecule has 0 bridgehead atoms. The lowest BCUT2D eigenvalue weighted by molar-refractivity contribution is -0.0675. The molecule has 0 spiro atoms. The molecule has 0 aromatic carbocycles. The first-order valence-corrected chi connectivity index (χ1v) is 9.65. The highest BCUT2D eigenvalue weighted by Crippen LogP contribution is 2.31. The summed E-state index contributed by atoms with van der Waals surface area (Å²) in [6.45, 7) is 0.299. The van der Waals surface area contributed by atoms with Crippen LogP contribution in [0.3, 0.4) is 0 Å². The molecule has 0 saturated carbocycles. The first-order valence-electron chi connectivity index (χ1n) is 9.65. The Morgan fingerprint density at radius 1 is 1.13 bits per heavy atom. The zero-order valence-electron chi connectivity index (χ0n) is 16.5. The normalized spacial score (nSPS) is 19.4. The third-order valence-electron chi connectivity index (χ3n) is 5.38. The molecule has 1 aliphatic rings. The van der Waals surface area contributed by atoms with Crippen LogP contribution < -0.4 is 10.6 Å². The van der Waals surface area contributed by atoms with Crippen LogP contribution in [0.2, 0.25) is 0 Å². The van der Waals surface area contributed by atoms with Gasteiger partial charge in [0.2, 0.25) is 5.95 Å². The van der Waals surface area contributed by atoms with Crippen molar-refractivity contribution in [1.82, 2.24) is 34.1 Å². The number of anilines is 2. The number of nitrogens with zero attached hydrogens (tertiary/aromatic N) is 7. The van der Waals surface area contributed by atoms with Gasteiger partial charge in [0.1, 0.15) is 5.52 Å². The Labute approximate surface area is 170 Å². The lowest BCUT2D eigenvalue weighted by Gasteiger charge is -2.36. The van der Waals surface area contributed by atoms with Gasteiger partial charge in [0.05, 0.1) is 24.5 Å². The molecule has 11 heteroatoms. The van der Waals surface area contributed by atoms with Crippen molar-refractivity contribution in [1.29, 1.82) is 0 Å². The van der Waals surface area contributed by atoms with E-state index in [9.17, 15) is 8.78 Å². The third kappa shape index (κ3) is 3.11. The van der Waals surface area contributed by atoms with E-state index in [2.05, 4.69) is 30.8 Å². The fraction of sp³-hybridized carbons (Fsp3) is 0.368. The van der Waals surface area contributed by atoms with Crippen LogP contribution in [-0.4, -0.2) is 73.2 Å². The molecule has 1 atom stereocenters. The number of aromatic nitrogens is 6. The Kier molecular flexibility index (Phi) is 4.28. The fourth-order valence-corrected chi connectivity index (χ4v) is 3.87. The summed E-state index contributed by atoms with van der Waals surface area (Å²) in [6, 6.07) is 4.55. The van der Waals surface area contributed by atoms with Crippen molar-refractivity contribution >= 4 is 22.9 Å². The van der Waals surface area contributed by atoms with Gasteiger partial charge in [-0.1, -0.05) is 0 Å². The average molecular weight is 413 g/mol. The van der Waals surface area contributed by atoms with Crippen LogP contribution in [0.25, 0.3) is 22.4 Å². The Bertz CT molecular complexity index is 1220. The van der Waals surface area contributed by atoms with Crippen LogP contribution >= 0.6 is 0 Å². The predicted molar refractivity (Wildman–Crippen MR) is 109 cm³/mol. The van der Waals surface area contributed by atoms with Gasteiger partial charge in [0.25, 0.3) is 5.92 Å². The Morgan fingerprint density at radius 2 is 1.97 bits per heavy atom. The quantitative estimate of drug-likeness (QED) is 0.531. The molecule has 156 valence electrons. The molecule has 30 heavy (non-hydrogen) atoms. The monoisotopic (exact) mass is 413 g/mol. The number of likely N-dealkylation sites (tertiary alicyclic amines) is 1. The summed E-state index contributed by atoms with van der Waals surface area (Å²) in [5.41, 5.74) is 3.02. The second kappa shape index (κ2) is 6.87. The van der Waals surface area contributed by atoms with Crippen molar-refractivity contribution in [2.24, 2.45) is 0 Å². The van der Waals surface area contributed by atoms with Crippen molar-refractivity contribution in [2.75, 3.05) is 37.8 Å². The van der Waals surface area contributed by atoms with E-state index in [-0.39, 0.29) is 12.5 Å². The molecule has 4 aromatic heterocycles. The lowest BCUT2D eigenvalue weighted by Crippen LogP contribution is -2.53. The summed E-state index contributed by atoms with van der Waals surface area (Å²) >= 11 is 0. The topological polar surface area (TPSA) is 87.7 Å². The maximum Gasteiger partial charge on any atom is 0.280 e. The van der Waals surface area contributed by atoms with Crippen LogP contribution in [0, 0.1) is 0 Å². The van der Waals surface area contributed by atoms with E-state index in [0.29, 0.717) is 18.8 Å². The average Bonchev–Trinajstić information content (AvgIpc) is 3.35. The molecule has 9 nitrogen and oxygen atoms in total. The number of fused-ring (bicyclic) bond motifs is 2. The van der Waals surface area contributed by atoms with Crippen LogP contribution in [0.5, 0.6) is 0 Å². The fourth-order valence-electron chi connectivity index (χ4n) is 3.87. The van der Waals surface area contributed by atoms with E-state index in [0.717, 1.165) is 22.4 Å². The molecule has 5 rings (SSSR count). The molecule has 0 unspecified atom stereocenters. The zero-order chi connectivity index (χ0) is 20.9. The molecule has 4 aromatic rings. The highest BCUT2D eigenvalue weighted by atomic mass is 19.3. The van der Waals surface area contributed by atoms with E-state index in [1.54, 1.807) is 40.4 Å². The molecule has 1 fully saturated rings. The number of nitrogens with one attached hydrogen (secondary N) is 2. The van der Waals surface area contributed by atoms with E-state index < -0.39 is 12.0 Å². The largest absolute Gasteiger partial charge is 0.371 e. The van der Waals surface area contributed by atoms with Gasteiger partial charge in [0.15, 0.2) is 11.5 Å². The molecule has 1 saturated heterocycles. The van der Waals surface area contributed by atoms with Crippen LogP contribution in [0.15, 0.2) is 36.8 Å². The zero-order valence-corrected chi connectivity index (χ0v) is 16.5. The van der Waals surface area contributed by atoms with E-state index in [4.69, 9.17) is 0 Å². The molecule has 0 aliphatic carbocycles. The second-order valence-electron chi connectivity index (χ2n) is 7.49. The van der Waals surface area contributed by atoms with Crippen LogP contribution in [0.4, 0.5) is 20.5 Å². The molecule has 0 amide bonds. The first-order chi connectivity index (χ1) is 14.4. The number of rotatable bonds is 4. The summed E-state index contributed by atoms with van der Waals surface area (Å²) in [6.07, 6.45) is 5.60. The number of hydrogen-bond acceptors (Lipinski definition) is 7. The summed E-state index contributed by atoms with van der Waals surface area (Å²) < 4.78 is 32.2. The highest BCUT2D eigenvalue weighted by molar-refractivity contribution is 5.87. The summed E-state index contributed by atoms with van der Waals surface area (Å²) in [7, 11) is 3.43. The van der Waals surface area contributed by atoms with Gasteiger partial charge >= 0.3 is 0 Å². The van der Waals surface area contributed by atoms with Crippen LogP contribution in [0.1, 0.15) is 6.42 Å². The van der Waals surface area contributed by atoms with E-state index >= 15 is 0 Å². The van der Waals surface area contributed by atoms with E-state index in [1.807, 2.05) is 24.4 Å². The number of hydrogen-bond donors (Lipinski definition) is 2. The van der Waals surface area contributed by atoms with Crippen LogP contribution in [-0.2, 0) is 0 Å². The summed E-state index contributed by atoms with van der Waals surface area (Å²) in [5.74, 6) is -2.18. The van der Waals surface area contributed by atoms with Crippen molar-refractivity contribution in [2.45, 2.75) is 18.4 Å². The minimum atomic E-state index is -2.86. The summed E-state index contributed by atoms with van der Waals surface area (Å²) in [5, 5.41) is 14.5. The van der Waals surface area contributed by atoms with Gasteiger partial charge in [-0.3, -0.25) is 0 Å². The molecule has 1 aliphatic heterocycles. The highest BCUT2D eigenvalue weighted by Gasteiger charge is 2.44. The minimum Gasteiger partial charge on any atom is -0.371 e. The van der Waals surface area contributed by atoms with E-state index in [1.165, 1.54) is 0 Å². The van der Waals surface area contributed by atoms with Gasteiger partial charge in [-0.05, 0) is 25.6 Å². The minimum absolute atomic E-state index is 0.155. The molecule has 2 N–H and O–H groups in total. The Hall–Kier alpha value is -3.34. The smallest absolute Gasteiger partial charge is 0.280 e. The Balaban J connectivity index is 1.53. The lowest BCUT2D eigenvalue weighted by atomic mass is 10.0. The molecular weight excluding hydrogens is 392 g/mol. The van der Waals surface area contributed by atoms with Crippen molar-refractivity contribution in [3.05, 3.63) is 36.8 Å². The number of halogens is 2. The van der Waals surface area contributed by atoms with Crippen molar-refractivity contribution in [3.63, 3.8) is 0 Å². The van der Waals surface area contributed by atoms with Gasteiger partial charge in [-0.2, -0.15) is 10.1 Å². The maximum absolute atomic E-state index is 14.4. The Morgan fingerprint density at radius 3 is 2.77 bits per heavy atom. The maximum atomic E-state index is 14.4. The number of alkyl halides is 2. The molecule has 0 radical (unpaired) electrons. The number of piperidine rings is 1. The summed E-state index contributed by atoms with van der Waals surface area (Å²) in [4.78, 5) is 10.7. The second-order valence-corrected chi connectivity index (χ2v) is 7.49.